The van der Waals surface area contributed by atoms with Gasteiger partial charge in [-0.1, -0.05) is 18.2 Å². The molecule has 1 aromatic carbocycles. The van der Waals surface area contributed by atoms with E-state index in [0.29, 0.717) is 5.69 Å². The molecule has 2 amide bonds. The molecule has 0 radical (unpaired) electrons. The molecule has 1 aromatic rings. The van der Waals surface area contributed by atoms with Crippen LogP contribution in [0.5, 0.6) is 0 Å². The number of carbonyl (C=O) groups excluding carboxylic acids is 2. The molecule has 16 heavy (non-hydrogen) atoms. The molecule has 4 nitrogen and oxygen atoms in total. The minimum absolute atomic E-state index is 0.437. The quantitative estimate of drug-likeness (QED) is 0.336. The largest absolute Gasteiger partial charge is 0.378 e. The summed E-state index contributed by atoms with van der Waals surface area (Å²) in [5.41, 5.74) is 0.458. The highest BCUT2D eigenvalue weighted by molar-refractivity contribution is 7.78. The highest BCUT2D eigenvalue weighted by Crippen LogP contribution is 2.28. The van der Waals surface area contributed by atoms with Crippen LogP contribution in [0.25, 0.3) is 0 Å². The van der Waals surface area contributed by atoms with Crippen molar-refractivity contribution in [2.75, 3.05) is 0 Å². The van der Waals surface area contributed by atoms with E-state index in [4.69, 9.17) is 0 Å². The van der Waals surface area contributed by atoms with Gasteiger partial charge in [0, 0.05) is 12.1 Å². The number of benzene rings is 1. The predicted octanol–water partition coefficient (Wildman–Crippen LogP) is 1.63. The number of para-hydroxylation sites is 1. The van der Waals surface area contributed by atoms with Crippen molar-refractivity contribution in [3.05, 3.63) is 42.5 Å². The number of thiocarbonyl (C=S) groups is 1. The van der Waals surface area contributed by atoms with Crippen molar-refractivity contribution in [1.29, 1.82) is 0 Å². The molecule has 5 heteroatoms. The van der Waals surface area contributed by atoms with Crippen LogP contribution in [-0.2, 0) is 9.59 Å². The summed E-state index contributed by atoms with van der Waals surface area (Å²) in [6, 6.07) is 8.55. The lowest BCUT2D eigenvalue weighted by Gasteiger charge is -2.18. The van der Waals surface area contributed by atoms with Crippen LogP contribution in [0.15, 0.2) is 47.6 Å². The predicted molar refractivity (Wildman–Crippen MR) is 62.4 cm³/mol. The summed E-state index contributed by atoms with van der Waals surface area (Å²) in [7, 11) is 0. The topological polar surface area (TPSA) is 46.5 Å². The van der Waals surface area contributed by atoms with Crippen molar-refractivity contribution in [2.45, 2.75) is 0 Å². The molecule has 1 aliphatic rings. The lowest BCUT2D eigenvalue weighted by atomic mass is 10.3. The van der Waals surface area contributed by atoms with Crippen LogP contribution in [0.1, 0.15) is 0 Å². The van der Waals surface area contributed by atoms with Gasteiger partial charge in [0.15, 0.2) is 5.69 Å². The fourth-order valence-corrected chi connectivity index (χ4v) is 1.71. The first-order valence-corrected chi connectivity index (χ1v) is 4.94. The van der Waals surface area contributed by atoms with Gasteiger partial charge in [-0.2, -0.15) is 0 Å². The average molecular weight is 231 g/mol. The molecule has 0 N–H and O–H groups in total. The molecule has 0 bridgehead atoms. The summed E-state index contributed by atoms with van der Waals surface area (Å²) in [6.45, 7) is 0. The Bertz CT molecular complexity index is 512. The van der Waals surface area contributed by atoms with E-state index in [2.05, 4.69) is 22.5 Å². The number of quaternary nitrogens is 1. The Morgan fingerprint density at radius 3 is 2.12 bits per heavy atom. The normalized spacial score (nSPS) is 17.2. The van der Waals surface area contributed by atoms with Crippen molar-refractivity contribution >= 4 is 34.9 Å². The second-order valence-electron chi connectivity index (χ2n) is 3.17. The van der Waals surface area contributed by atoms with Gasteiger partial charge >= 0.3 is 11.8 Å². The molecule has 0 unspecified atom stereocenters. The number of hydrogen-bond acceptors (Lipinski definition) is 4. The number of carbonyl (C=O) groups is 2. The first-order valence-electron chi connectivity index (χ1n) is 4.53. The summed E-state index contributed by atoms with van der Waals surface area (Å²) in [4.78, 5) is 23.6. The van der Waals surface area contributed by atoms with Gasteiger partial charge < -0.3 is 0 Å². The van der Waals surface area contributed by atoms with E-state index in [1.165, 1.54) is 12.2 Å². The zero-order chi connectivity index (χ0) is 11.6. The van der Waals surface area contributed by atoms with Crippen LogP contribution in [-0.4, -0.2) is 17.0 Å². The van der Waals surface area contributed by atoms with Crippen LogP contribution in [0.3, 0.4) is 0 Å². The van der Waals surface area contributed by atoms with E-state index in [0.717, 1.165) is 0 Å². The lowest BCUT2D eigenvalue weighted by Crippen LogP contribution is -2.49. The fraction of sp³-hybridized carbons (Fsp3) is 0. The van der Waals surface area contributed by atoms with Crippen molar-refractivity contribution in [1.82, 2.24) is 4.59 Å². The third-order valence-corrected chi connectivity index (χ3v) is 2.41. The minimum Gasteiger partial charge on any atom is -0.222 e. The molecule has 0 fully saturated rings. The Labute approximate surface area is 97.1 Å². The molecule has 0 atom stereocenters. The highest BCUT2D eigenvalue weighted by Gasteiger charge is 2.50. The standard InChI is InChI=1S/C11H7N2O2S/c14-10-6-7-11(15)13(10,12-8-16)9-4-2-1-3-5-9/h1-7H/q+1. The smallest absolute Gasteiger partial charge is 0.222 e. The van der Waals surface area contributed by atoms with E-state index in [-0.39, 0.29) is 0 Å². The molecular weight excluding hydrogens is 224 g/mol. The van der Waals surface area contributed by atoms with Crippen molar-refractivity contribution in [3.8, 4) is 0 Å². The summed E-state index contributed by atoms with van der Waals surface area (Å²) >= 11 is 4.50. The Kier molecular flexibility index (Phi) is 2.58. The lowest BCUT2D eigenvalue weighted by molar-refractivity contribution is -0.135. The Hall–Kier alpha value is -1.94. The summed E-state index contributed by atoms with van der Waals surface area (Å²) in [5, 5.41) is 5.84. The SMILES string of the molecule is O=C1C=CC(=O)[N+]1(N=C=S)c1ccccc1. The van der Waals surface area contributed by atoms with Gasteiger partial charge in [-0.25, -0.2) is 9.59 Å². The van der Waals surface area contributed by atoms with E-state index >= 15 is 0 Å². The van der Waals surface area contributed by atoms with Gasteiger partial charge in [-0.15, -0.1) is 0 Å². The first-order chi connectivity index (χ1) is 7.71. The molecule has 0 aromatic heterocycles. The Morgan fingerprint density at radius 1 is 1.06 bits per heavy atom. The Balaban J connectivity index is 2.67. The number of amides is 2. The summed E-state index contributed by atoms with van der Waals surface area (Å²) in [5.74, 6) is -0.873. The van der Waals surface area contributed by atoms with E-state index < -0.39 is 16.4 Å². The maximum atomic E-state index is 11.8. The third kappa shape index (κ3) is 1.35. The molecule has 2 rings (SSSR count). The number of imide groups is 1. The molecule has 0 saturated heterocycles. The monoisotopic (exact) mass is 231 g/mol. The zero-order valence-corrected chi connectivity index (χ0v) is 8.98. The third-order valence-electron chi connectivity index (χ3n) is 2.33. The van der Waals surface area contributed by atoms with Crippen LogP contribution in [0.4, 0.5) is 5.69 Å². The molecule has 1 aliphatic heterocycles. The van der Waals surface area contributed by atoms with Crippen molar-refractivity contribution in [2.24, 2.45) is 5.10 Å². The van der Waals surface area contributed by atoms with Crippen molar-refractivity contribution < 1.29 is 9.59 Å². The van der Waals surface area contributed by atoms with Crippen molar-refractivity contribution in [3.63, 3.8) is 0 Å². The number of rotatable bonds is 2. The molecule has 78 valence electrons. The van der Waals surface area contributed by atoms with Crippen LogP contribution in [0, 0.1) is 0 Å². The van der Waals surface area contributed by atoms with Gasteiger partial charge in [-0.3, -0.25) is 0 Å². The molecule has 0 aliphatic carbocycles. The first kappa shape index (κ1) is 10.6. The van der Waals surface area contributed by atoms with Gasteiger partial charge in [0.05, 0.1) is 12.2 Å². The minimum atomic E-state index is -0.773. The zero-order valence-electron chi connectivity index (χ0n) is 8.16. The maximum absolute atomic E-state index is 11.8. The van der Waals surface area contributed by atoms with E-state index in [1.54, 1.807) is 30.3 Å². The average Bonchev–Trinajstić information content (AvgIpc) is 2.60. The van der Waals surface area contributed by atoms with Crippen LogP contribution < -0.4 is 4.59 Å². The van der Waals surface area contributed by atoms with Crippen LogP contribution >= 0.6 is 12.2 Å². The molecule has 1 heterocycles. The van der Waals surface area contributed by atoms with E-state index in [1.807, 2.05) is 0 Å². The second kappa shape index (κ2) is 3.90. The fourth-order valence-electron chi connectivity index (χ4n) is 1.58. The summed E-state index contributed by atoms with van der Waals surface area (Å²) in [6.07, 6.45) is 2.40. The molecular formula is C11H7N2O2S+. The van der Waals surface area contributed by atoms with E-state index in [9.17, 15) is 9.59 Å². The number of nitrogens with zero attached hydrogens (tertiary/aromatic N) is 2. The second-order valence-corrected chi connectivity index (χ2v) is 3.35. The maximum Gasteiger partial charge on any atom is 0.378 e. The van der Waals surface area contributed by atoms with Crippen LogP contribution in [0.2, 0.25) is 0 Å². The molecule has 0 spiro atoms. The number of hydrogen-bond donors (Lipinski definition) is 0. The van der Waals surface area contributed by atoms with Gasteiger partial charge in [0.25, 0.3) is 0 Å². The van der Waals surface area contributed by atoms with Gasteiger partial charge in [0.1, 0.15) is 5.16 Å². The summed E-state index contributed by atoms with van der Waals surface area (Å²) < 4.78 is -0.773. The molecule has 0 saturated carbocycles. The van der Waals surface area contributed by atoms with Gasteiger partial charge in [0.2, 0.25) is 0 Å². The highest BCUT2D eigenvalue weighted by atomic mass is 32.1. The Morgan fingerprint density at radius 2 is 1.62 bits per heavy atom. The van der Waals surface area contributed by atoms with Gasteiger partial charge in [-0.05, 0) is 21.9 Å². The number of isothiocyanates is 1.